The maximum absolute atomic E-state index is 11.9. The van der Waals surface area contributed by atoms with E-state index in [4.69, 9.17) is 24.6 Å². The SMILES string of the molecule is CN(Cc1cc2nc(-c3ccc4c(c3)CC(=O)CO4)nc(N3CCOCC3)c2s1)c1ncc(C(=O)NO)cn1. The predicted octanol–water partition coefficient (Wildman–Crippen LogP) is 2.24. The van der Waals surface area contributed by atoms with Gasteiger partial charge in [-0.25, -0.2) is 25.4 Å². The van der Waals surface area contributed by atoms with Crippen molar-refractivity contribution in [3.05, 3.63) is 52.7 Å². The molecule has 39 heavy (non-hydrogen) atoms. The van der Waals surface area contributed by atoms with Gasteiger partial charge in [0, 0.05) is 55.0 Å². The molecule has 200 valence electrons. The van der Waals surface area contributed by atoms with Crippen molar-refractivity contribution in [2.24, 2.45) is 0 Å². The quantitative estimate of drug-likeness (QED) is 0.271. The van der Waals surface area contributed by atoms with E-state index in [2.05, 4.69) is 14.9 Å². The third-order valence-electron chi connectivity index (χ3n) is 6.55. The zero-order valence-electron chi connectivity index (χ0n) is 21.1. The molecule has 2 aliphatic rings. The van der Waals surface area contributed by atoms with Crippen LogP contribution in [0, 0.1) is 0 Å². The van der Waals surface area contributed by atoms with Gasteiger partial charge < -0.3 is 19.3 Å². The highest BCUT2D eigenvalue weighted by Gasteiger charge is 2.23. The largest absolute Gasteiger partial charge is 0.486 e. The van der Waals surface area contributed by atoms with Crippen LogP contribution >= 0.6 is 11.3 Å². The molecule has 6 rings (SSSR count). The van der Waals surface area contributed by atoms with Crippen LogP contribution in [-0.2, 0) is 22.5 Å². The highest BCUT2D eigenvalue weighted by atomic mass is 32.1. The standard InChI is InChI=1S/C26H25N7O5S/c1-32(26-27-11-17(12-28-26)25(35)31-36)13-19-10-20-22(39-19)24(33-4-6-37-7-5-33)30-23(29-20)15-2-3-21-16(8-15)9-18(34)14-38-21/h2-3,8,10-12,36H,4-7,9,13-14H2,1H3,(H,31,35). The highest BCUT2D eigenvalue weighted by molar-refractivity contribution is 7.19. The number of hydroxylamine groups is 1. The number of thiophene rings is 1. The van der Waals surface area contributed by atoms with Crippen molar-refractivity contribution in [2.45, 2.75) is 13.0 Å². The van der Waals surface area contributed by atoms with Gasteiger partial charge in [0.1, 0.15) is 12.4 Å². The fourth-order valence-corrected chi connectivity index (χ4v) is 5.75. The molecule has 4 aromatic rings. The number of fused-ring (bicyclic) bond motifs is 2. The highest BCUT2D eigenvalue weighted by Crippen LogP contribution is 2.36. The fraction of sp³-hybridized carbons (Fsp3) is 0.308. The number of nitrogens with one attached hydrogen (secondary N) is 1. The minimum atomic E-state index is -0.670. The molecule has 3 aromatic heterocycles. The van der Waals surface area contributed by atoms with Crippen LogP contribution in [0.1, 0.15) is 20.8 Å². The molecule has 0 aliphatic carbocycles. The molecule has 2 N–H and O–H groups in total. The van der Waals surface area contributed by atoms with Gasteiger partial charge in [0.25, 0.3) is 5.91 Å². The zero-order valence-corrected chi connectivity index (χ0v) is 21.9. The molecule has 2 aliphatic heterocycles. The van der Waals surface area contributed by atoms with Crippen molar-refractivity contribution < 1.29 is 24.3 Å². The summed E-state index contributed by atoms with van der Waals surface area (Å²) >= 11 is 1.61. The molecular formula is C26H25N7O5S. The van der Waals surface area contributed by atoms with Gasteiger partial charge in [0.05, 0.1) is 35.5 Å². The predicted molar refractivity (Wildman–Crippen MR) is 143 cm³/mol. The molecule has 5 heterocycles. The number of hydrogen-bond donors (Lipinski definition) is 2. The van der Waals surface area contributed by atoms with Gasteiger partial charge in [-0.2, -0.15) is 0 Å². The van der Waals surface area contributed by atoms with Crippen LogP contribution in [-0.4, -0.2) is 76.8 Å². The first kappa shape index (κ1) is 25.1. The lowest BCUT2D eigenvalue weighted by molar-refractivity contribution is -0.121. The molecule has 13 heteroatoms. The van der Waals surface area contributed by atoms with Gasteiger partial charge >= 0.3 is 0 Å². The second kappa shape index (κ2) is 10.5. The number of morpholine rings is 1. The summed E-state index contributed by atoms with van der Waals surface area (Å²) in [5.74, 6) is 1.99. The van der Waals surface area contributed by atoms with Crippen LogP contribution in [0.25, 0.3) is 21.6 Å². The molecule has 1 fully saturated rings. The summed E-state index contributed by atoms with van der Waals surface area (Å²) in [4.78, 5) is 47.0. The van der Waals surface area contributed by atoms with E-state index in [0.29, 0.717) is 38.0 Å². The number of ether oxygens (including phenoxy) is 2. The van der Waals surface area contributed by atoms with Crippen LogP contribution in [0.2, 0.25) is 0 Å². The zero-order chi connectivity index (χ0) is 26.9. The number of nitrogens with zero attached hydrogens (tertiary/aromatic N) is 6. The number of anilines is 2. The lowest BCUT2D eigenvalue weighted by Crippen LogP contribution is -2.36. The molecule has 0 bridgehead atoms. The lowest BCUT2D eigenvalue weighted by Gasteiger charge is -2.28. The second-order valence-electron chi connectivity index (χ2n) is 9.29. The number of aromatic nitrogens is 4. The number of carbonyl (C=O) groups is 2. The van der Waals surface area contributed by atoms with Crippen LogP contribution in [0.15, 0.2) is 36.7 Å². The number of ketones is 1. The van der Waals surface area contributed by atoms with Crippen molar-refractivity contribution in [3.8, 4) is 17.1 Å². The van der Waals surface area contributed by atoms with E-state index in [9.17, 15) is 9.59 Å². The number of carbonyl (C=O) groups excluding carboxylic acids is 2. The van der Waals surface area contributed by atoms with Crippen molar-refractivity contribution in [1.29, 1.82) is 0 Å². The third-order valence-corrected chi connectivity index (χ3v) is 7.65. The first-order valence-corrected chi connectivity index (χ1v) is 13.2. The maximum atomic E-state index is 11.9. The minimum absolute atomic E-state index is 0.0481. The summed E-state index contributed by atoms with van der Waals surface area (Å²) in [6.45, 7) is 3.33. The molecule has 1 aromatic carbocycles. The smallest absolute Gasteiger partial charge is 0.277 e. The molecule has 0 atom stereocenters. The number of benzene rings is 1. The van der Waals surface area contributed by atoms with E-state index < -0.39 is 5.91 Å². The van der Waals surface area contributed by atoms with E-state index in [1.165, 1.54) is 12.4 Å². The Labute approximate surface area is 227 Å². The van der Waals surface area contributed by atoms with Crippen LogP contribution in [0.5, 0.6) is 5.75 Å². The maximum Gasteiger partial charge on any atom is 0.277 e. The Kier molecular flexibility index (Phi) is 6.77. The summed E-state index contributed by atoms with van der Waals surface area (Å²) in [6.07, 6.45) is 3.06. The number of Topliss-reactive ketones (excluding diaryl/α,β-unsaturated/α-hetero) is 1. The first-order chi connectivity index (χ1) is 19.0. The van der Waals surface area contributed by atoms with E-state index >= 15 is 0 Å². The Hall–Kier alpha value is -4.20. The number of rotatable bonds is 6. The molecule has 1 amide bonds. The average Bonchev–Trinajstić information content (AvgIpc) is 3.38. The molecule has 0 radical (unpaired) electrons. The van der Waals surface area contributed by atoms with Crippen LogP contribution in [0.4, 0.5) is 11.8 Å². The Bertz CT molecular complexity index is 1550. The van der Waals surface area contributed by atoms with Crippen molar-refractivity contribution in [1.82, 2.24) is 25.4 Å². The summed E-state index contributed by atoms with van der Waals surface area (Å²) in [6, 6.07) is 7.79. The van der Waals surface area contributed by atoms with Gasteiger partial charge in [-0.3, -0.25) is 14.8 Å². The fourth-order valence-electron chi connectivity index (χ4n) is 4.58. The number of hydrogen-bond acceptors (Lipinski definition) is 12. The van der Waals surface area contributed by atoms with E-state index in [1.807, 2.05) is 36.2 Å². The average molecular weight is 548 g/mol. The van der Waals surface area contributed by atoms with Crippen LogP contribution in [0.3, 0.4) is 0 Å². The molecule has 12 nitrogen and oxygen atoms in total. The molecule has 0 spiro atoms. The Morgan fingerprint density at radius 2 is 1.97 bits per heavy atom. The Morgan fingerprint density at radius 1 is 1.18 bits per heavy atom. The Balaban J connectivity index is 1.34. The Morgan fingerprint density at radius 3 is 2.74 bits per heavy atom. The van der Waals surface area contributed by atoms with Gasteiger partial charge in [0.15, 0.2) is 17.4 Å². The summed E-state index contributed by atoms with van der Waals surface area (Å²) in [7, 11) is 1.86. The van der Waals surface area contributed by atoms with Gasteiger partial charge in [0.2, 0.25) is 5.95 Å². The monoisotopic (exact) mass is 547 g/mol. The second-order valence-corrected chi connectivity index (χ2v) is 10.4. The first-order valence-electron chi connectivity index (χ1n) is 12.4. The molecule has 0 saturated carbocycles. The normalized spacial score (nSPS) is 15.1. The van der Waals surface area contributed by atoms with Gasteiger partial charge in [-0.15, -0.1) is 11.3 Å². The summed E-state index contributed by atoms with van der Waals surface area (Å²) in [5.41, 5.74) is 4.23. The molecule has 0 unspecified atom stereocenters. The van der Waals surface area contributed by atoms with Crippen molar-refractivity contribution >= 4 is 45.0 Å². The number of amides is 1. The topological polar surface area (TPSA) is 143 Å². The van der Waals surface area contributed by atoms with Crippen molar-refractivity contribution in [3.63, 3.8) is 0 Å². The summed E-state index contributed by atoms with van der Waals surface area (Å²) < 4.78 is 12.1. The lowest BCUT2D eigenvalue weighted by atomic mass is 10.0. The van der Waals surface area contributed by atoms with Gasteiger partial charge in [-0.05, 0) is 24.3 Å². The van der Waals surface area contributed by atoms with Crippen molar-refractivity contribution in [2.75, 3.05) is 49.8 Å². The van der Waals surface area contributed by atoms with E-state index in [-0.39, 0.29) is 18.0 Å². The summed E-state index contributed by atoms with van der Waals surface area (Å²) in [5, 5.41) is 8.80. The molecule has 1 saturated heterocycles. The van der Waals surface area contributed by atoms with E-state index in [0.717, 1.165) is 50.9 Å². The van der Waals surface area contributed by atoms with E-state index in [1.54, 1.807) is 16.8 Å². The minimum Gasteiger partial charge on any atom is -0.486 e. The van der Waals surface area contributed by atoms with Gasteiger partial charge in [-0.1, -0.05) is 0 Å². The third kappa shape index (κ3) is 5.11. The molecular weight excluding hydrogens is 522 g/mol. The van der Waals surface area contributed by atoms with Crippen LogP contribution < -0.4 is 20.0 Å².